The van der Waals surface area contributed by atoms with E-state index in [0.29, 0.717) is 13.0 Å². The van der Waals surface area contributed by atoms with Gasteiger partial charge in [0, 0.05) is 13.0 Å². The first-order valence-corrected chi connectivity index (χ1v) is 6.53. The van der Waals surface area contributed by atoms with Crippen molar-refractivity contribution in [2.24, 2.45) is 0 Å². The molecule has 0 unspecified atom stereocenters. The quantitative estimate of drug-likeness (QED) is 0.802. The number of rotatable bonds is 6. The van der Waals surface area contributed by atoms with Crippen LogP contribution in [0.3, 0.4) is 0 Å². The Labute approximate surface area is 104 Å². The molecule has 0 saturated carbocycles. The van der Waals surface area contributed by atoms with Crippen LogP contribution in [-0.4, -0.2) is 5.91 Å². The summed E-state index contributed by atoms with van der Waals surface area (Å²) in [5, 5.41) is 3.01. The third kappa shape index (κ3) is 4.22. The van der Waals surface area contributed by atoms with Gasteiger partial charge < -0.3 is 5.32 Å². The molecule has 0 radical (unpaired) electrons. The standard InChI is InChI=1S/C15H23NO/c1-4-6-10-15(17)16-11-14-12(3)8-7-9-13(14)5-2/h7-9H,4-6,10-11H2,1-3H3,(H,16,17). The summed E-state index contributed by atoms with van der Waals surface area (Å²) in [4.78, 5) is 11.6. The number of hydrogen-bond donors (Lipinski definition) is 1. The molecular formula is C15H23NO. The number of benzene rings is 1. The zero-order chi connectivity index (χ0) is 12.7. The van der Waals surface area contributed by atoms with Crippen molar-refractivity contribution in [2.75, 3.05) is 0 Å². The van der Waals surface area contributed by atoms with Crippen LogP contribution in [0.25, 0.3) is 0 Å². The number of carbonyl (C=O) groups excluding carboxylic acids is 1. The highest BCUT2D eigenvalue weighted by molar-refractivity contribution is 5.75. The van der Waals surface area contributed by atoms with Crippen LogP contribution in [0.5, 0.6) is 0 Å². The molecule has 0 saturated heterocycles. The molecule has 0 aliphatic heterocycles. The number of amides is 1. The second-order valence-corrected chi connectivity index (χ2v) is 4.45. The molecule has 0 fully saturated rings. The van der Waals surface area contributed by atoms with Gasteiger partial charge in [-0.05, 0) is 36.5 Å². The smallest absolute Gasteiger partial charge is 0.220 e. The van der Waals surface area contributed by atoms with Crippen molar-refractivity contribution in [1.29, 1.82) is 0 Å². The second-order valence-electron chi connectivity index (χ2n) is 4.45. The topological polar surface area (TPSA) is 29.1 Å². The van der Waals surface area contributed by atoms with Crippen LogP contribution in [0.2, 0.25) is 0 Å². The molecular weight excluding hydrogens is 210 g/mol. The maximum atomic E-state index is 11.6. The zero-order valence-corrected chi connectivity index (χ0v) is 11.2. The number of nitrogens with one attached hydrogen (secondary N) is 1. The monoisotopic (exact) mass is 233 g/mol. The van der Waals surface area contributed by atoms with Gasteiger partial charge in [-0.1, -0.05) is 38.5 Å². The molecule has 0 aromatic heterocycles. The van der Waals surface area contributed by atoms with Gasteiger partial charge in [-0.15, -0.1) is 0 Å². The van der Waals surface area contributed by atoms with Gasteiger partial charge in [0.05, 0.1) is 0 Å². The Hall–Kier alpha value is -1.31. The van der Waals surface area contributed by atoms with Crippen molar-refractivity contribution in [1.82, 2.24) is 5.32 Å². The van der Waals surface area contributed by atoms with Crippen LogP contribution in [0.1, 0.15) is 49.8 Å². The Morgan fingerprint density at radius 3 is 2.71 bits per heavy atom. The second kappa shape index (κ2) is 7.10. The predicted molar refractivity (Wildman–Crippen MR) is 71.9 cm³/mol. The van der Waals surface area contributed by atoms with E-state index in [9.17, 15) is 4.79 Å². The van der Waals surface area contributed by atoms with Crippen LogP contribution in [0, 0.1) is 6.92 Å². The number of aryl methyl sites for hydroxylation is 2. The summed E-state index contributed by atoms with van der Waals surface area (Å²) in [6, 6.07) is 6.32. The first kappa shape index (κ1) is 13.8. The van der Waals surface area contributed by atoms with E-state index in [2.05, 4.69) is 44.3 Å². The number of carbonyl (C=O) groups is 1. The first-order chi connectivity index (χ1) is 8.19. The summed E-state index contributed by atoms with van der Waals surface area (Å²) >= 11 is 0. The molecule has 1 aromatic carbocycles. The summed E-state index contributed by atoms with van der Waals surface area (Å²) in [5.74, 6) is 0.164. The number of hydrogen-bond acceptors (Lipinski definition) is 1. The largest absolute Gasteiger partial charge is 0.352 e. The molecule has 1 N–H and O–H groups in total. The van der Waals surface area contributed by atoms with Gasteiger partial charge in [0.15, 0.2) is 0 Å². The van der Waals surface area contributed by atoms with Crippen LogP contribution in [-0.2, 0) is 17.8 Å². The van der Waals surface area contributed by atoms with E-state index >= 15 is 0 Å². The lowest BCUT2D eigenvalue weighted by Crippen LogP contribution is -2.23. The highest BCUT2D eigenvalue weighted by Gasteiger charge is 2.06. The third-order valence-electron chi connectivity index (χ3n) is 3.11. The van der Waals surface area contributed by atoms with Gasteiger partial charge >= 0.3 is 0 Å². The van der Waals surface area contributed by atoms with E-state index in [1.165, 1.54) is 16.7 Å². The first-order valence-electron chi connectivity index (χ1n) is 6.53. The zero-order valence-electron chi connectivity index (χ0n) is 11.2. The lowest BCUT2D eigenvalue weighted by molar-refractivity contribution is -0.121. The average molecular weight is 233 g/mol. The minimum atomic E-state index is 0.164. The molecule has 1 rings (SSSR count). The molecule has 2 nitrogen and oxygen atoms in total. The molecule has 0 atom stereocenters. The fourth-order valence-corrected chi connectivity index (χ4v) is 1.96. The van der Waals surface area contributed by atoms with Crippen molar-refractivity contribution < 1.29 is 4.79 Å². The Kier molecular flexibility index (Phi) is 5.75. The maximum Gasteiger partial charge on any atom is 0.220 e. The molecule has 17 heavy (non-hydrogen) atoms. The van der Waals surface area contributed by atoms with Crippen molar-refractivity contribution in [3.05, 3.63) is 34.9 Å². The minimum absolute atomic E-state index is 0.164. The lowest BCUT2D eigenvalue weighted by atomic mass is 10.00. The number of unbranched alkanes of at least 4 members (excludes halogenated alkanes) is 1. The predicted octanol–water partition coefficient (Wildman–Crippen LogP) is 3.36. The maximum absolute atomic E-state index is 11.6. The molecule has 1 aromatic rings. The van der Waals surface area contributed by atoms with Crippen molar-refractivity contribution >= 4 is 5.91 Å². The minimum Gasteiger partial charge on any atom is -0.352 e. The molecule has 1 amide bonds. The van der Waals surface area contributed by atoms with Gasteiger partial charge in [0.25, 0.3) is 0 Å². The van der Waals surface area contributed by atoms with Crippen molar-refractivity contribution in [2.45, 2.75) is 53.0 Å². The molecule has 94 valence electrons. The van der Waals surface area contributed by atoms with Gasteiger partial charge in [-0.3, -0.25) is 4.79 Å². The Balaban J connectivity index is 2.59. The van der Waals surface area contributed by atoms with E-state index < -0.39 is 0 Å². The van der Waals surface area contributed by atoms with Gasteiger partial charge in [0.2, 0.25) is 5.91 Å². The summed E-state index contributed by atoms with van der Waals surface area (Å²) in [7, 11) is 0. The van der Waals surface area contributed by atoms with Gasteiger partial charge in [-0.25, -0.2) is 0 Å². The fraction of sp³-hybridized carbons (Fsp3) is 0.533. The Morgan fingerprint density at radius 2 is 2.06 bits per heavy atom. The van der Waals surface area contributed by atoms with Crippen molar-refractivity contribution in [3.8, 4) is 0 Å². The third-order valence-corrected chi connectivity index (χ3v) is 3.11. The highest BCUT2D eigenvalue weighted by atomic mass is 16.1. The molecule has 0 bridgehead atoms. The van der Waals surface area contributed by atoms with Gasteiger partial charge in [-0.2, -0.15) is 0 Å². The molecule has 0 spiro atoms. The van der Waals surface area contributed by atoms with E-state index in [-0.39, 0.29) is 5.91 Å². The Bertz CT molecular complexity index is 371. The summed E-state index contributed by atoms with van der Waals surface area (Å²) < 4.78 is 0. The van der Waals surface area contributed by atoms with Crippen LogP contribution in [0.15, 0.2) is 18.2 Å². The SMILES string of the molecule is CCCCC(=O)NCc1c(C)cccc1CC. The lowest BCUT2D eigenvalue weighted by Gasteiger charge is -2.12. The van der Waals surface area contributed by atoms with E-state index in [0.717, 1.165) is 19.3 Å². The van der Waals surface area contributed by atoms with Gasteiger partial charge in [0.1, 0.15) is 0 Å². The Morgan fingerprint density at radius 1 is 1.29 bits per heavy atom. The van der Waals surface area contributed by atoms with Crippen LogP contribution in [0.4, 0.5) is 0 Å². The summed E-state index contributed by atoms with van der Waals surface area (Å²) in [5.41, 5.74) is 3.88. The van der Waals surface area contributed by atoms with E-state index in [1.807, 2.05) is 0 Å². The van der Waals surface area contributed by atoms with Crippen LogP contribution >= 0.6 is 0 Å². The van der Waals surface area contributed by atoms with E-state index in [1.54, 1.807) is 0 Å². The molecule has 2 heteroatoms. The van der Waals surface area contributed by atoms with Crippen LogP contribution < -0.4 is 5.32 Å². The molecule has 0 aliphatic carbocycles. The molecule has 0 aliphatic rings. The van der Waals surface area contributed by atoms with Crippen molar-refractivity contribution in [3.63, 3.8) is 0 Å². The molecule has 0 heterocycles. The normalized spacial score (nSPS) is 10.3. The summed E-state index contributed by atoms with van der Waals surface area (Å²) in [6.45, 7) is 7.02. The fourth-order valence-electron chi connectivity index (χ4n) is 1.96. The average Bonchev–Trinajstić information content (AvgIpc) is 2.34. The summed E-state index contributed by atoms with van der Waals surface area (Å²) in [6.07, 6.45) is 3.70. The van der Waals surface area contributed by atoms with E-state index in [4.69, 9.17) is 0 Å². The highest BCUT2D eigenvalue weighted by Crippen LogP contribution is 2.14.